The first-order valence-electron chi connectivity index (χ1n) is 5.00. The quantitative estimate of drug-likeness (QED) is 0.841. The van der Waals surface area contributed by atoms with Gasteiger partial charge in [-0.1, -0.05) is 18.2 Å². The number of hydrogen-bond donors (Lipinski definition) is 2. The van der Waals surface area contributed by atoms with E-state index in [1.165, 1.54) is 0 Å². The van der Waals surface area contributed by atoms with E-state index in [1.54, 1.807) is 24.3 Å². The van der Waals surface area contributed by atoms with Crippen LogP contribution in [0.2, 0.25) is 0 Å². The number of phenols is 1. The maximum absolute atomic E-state index is 13.2. The van der Waals surface area contributed by atoms with Crippen LogP contribution in [0.25, 0.3) is 11.1 Å². The summed E-state index contributed by atoms with van der Waals surface area (Å²) in [6.45, 7) is -0.142. The molecule has 0 fully saturated rings. The highest BCUT2D eigenvalue weighted by molar-refractivity contribution is 5.65. The minimum absolute atomic E-state index is 0.142. The predicted octanol–water partition coefficient (Wildman–Crippen LogP) is 2.83. The zero-order valence-corrected chi connectivity index (χ0v) is 8.82. The first-order valence-corrected chi connectivity index (χ1v) is 5.00. The number of aromatic hydroxyl groups is 1. The number of phenolic OH excluding ortho intramolecular Hbond substituents is 1. The van der Waals surface area contributed by atoms with Crippen molar-refractivity contribution in [3.8, 4) is 16.9 Å². The summed E-state index contributed by atoms with van der Waals surface area (Å²) in [5, 5.41) is 18.0. The van der Waals surface area contributed by atoms with Crippen molar-refractivity contribution in [2.24, 2.45) is 0 Å². The largest absolute Gasteiger partial charge is 0.503 e. The Bertz CT molecular complexity index is 530. The molecule has 88 valence electrons. The van der Waals surface area contributed by atoms with Crippen LogP contribution in [0.15, 0.2) is 36.4 Å². The smallest absolute Gasteiger partial charge is 0.187 e. The molecule has 0 radical (unpaired) electrons. The van der Waals surface area contributed by atoms with Crippen LogP contribution in [-0.4, -0.2) is 10.2 Å². The van der Waals surface area contributed by atoms with Crippen molar-refractivity contribution >= 4 is 0 Å². The topological polar surface area (TPSA) is 40.5 Å². The molecular weight excluding hydrogens is 226 g/mol. The van der Waals surface area contributed by atoms with Crippen molar-refractivity contribution in [3.63, 3.8) is 0 Å². The summed E-state index contributed by atoms with van der Waals surface area (Å²) in [7, 11) is 0. The number of halogens is 2. The van der Waals surface area contributed by atoms with Gasteiger partial charge in [-0.05, 0) is 34.9 Å². The molecule has 2 rings (SSSR count). The second-order valence-corrected chi connectivity index (χ2v) is 3.65. The van der Waals surface area contributed by atoms with Gasteiger partial charge < -0.3 is 10.2 Å². The molecule has 2 aromatic carbocycles. The van der Waals surface area contributed by atoms with Gasteiger partial charge in [0.25, 0.3) is 0 Å². The molecule has 0 saturated heterocycles. The van der Waals surface area contributed by atoms with Crippen molar-refractivity contribution in [2.75, 3.05) is 0 Å². The van der Waals surface area contributed by atoms with Gasteiger partial charge >= 0.3 is 0 Å². The van der Waals surface area contributed by atoms with Gasteiger partial charge in [0.1, 0.15) is 0 Å². The Morgan fingerprint density at radius 3 is 2.18 bits per heavy atom. The van der Waals surface area contributed by atoms with E-state index in [9.17, 15) is 8.78 Å². The fourth-order valence-electron chi connectivity index (χ4n) is 1.58. The first-order chi connectivity index (χ1) is 8.11. The van der Waals surface area contributed by atoms with Crippen LogP contribution in [0.4, 0.5) is 8.78 Å². The third kappa shape index (κ3) is 2.26. The summed E-state index contributed by atoms with van der Waals surface area (Å²) in [5.41, 5.74) is 1.54. The van der Waals surface area contributed by atoms with Gasteiger partial charge in [0.15, 0.2) is 17.4 Å². The second-order valence-electron chi connectivity index (χ2n) is 3.65. The molecule has 0 spiro atoms. The van der Waals surface area contributed by atoms with Gasteiger partial charge in [0, 0.05) is 0 Å². The highest BCUT2D eigenvalue weighted by Gasteiger charge is 2.10. The van der Waals surface area contributed by atoms with Crippen molar-refractivity contribution in [1.82, 2.24) is 0 Å². The molecule has 17 heavy (non-hydrogen) atoms. The van der Waals surface area contributed by atoms with E-state index in [0.717, 1.165) is 12.1 Å². The molecule has 0 heterocycles. The zero-order chi connectivity index (χ0) is 12.4. The van der Waals surface area contributed by atoms with Crippen LogP contribution in [0, 0.1) is 11.6 Å². The molecule has 0 bridgehead atoms. The minimum Gasteiger partial charge on any atom is -0.503 e. The van der Waals surface area contributed by atoms with Crippen LogP contribution in [-0.2, 0) is 6.61 Å². The molecule has 0 aliphatic heterocycles. The van der Waals surface area contributed by atoms with Crippen LogP contribution in [0.3, 0.4) is 0 Å². The number of aliphatic hydroxyl groups is 1. The summed E-state index contributed by atoms with van der Waals surface area (Å²) < 4.78 is 26.3. The third-order valence-electron chi connectivity index (χ3n) is 2.46. The summed E-state index contributed by atoms with van der Waals surface area (Å²) in [4.78, 5) is 0. The summed E-state index contributed by atoms with van der Waals surface area (Å²) in [6, 6.07) is 8.79. The van der Waals surface area contributed by atoms with E-state index in [2.05, 4.69) is 0 Å². The van der Waals surface area contributed by atoms with E-state index >= 15 is 0 Å². The predicted molar refractivity (Wildman–Crippen MR) is 59.4 cm³/mol. The molecule has 2 nitrogen and oxygen atoms in total. The lowest BCUT2D eigenvalue weighted by Gasteiger charge is -2.05. The molecule has 4 heteroatoms. The zero-order valence-electron chi connectivity index (χ0n) is 8.82. The molecule has 0 aliphatic rings. The maximum Gasteiger partial charge on any atom is 0.187 e. The minimum atomic E-state index is -1.01. The van der Waals surface area contributed by atoms with E-state index in [-0.39, 0.29) is 6.61 Å². The molecule has 2 aromatic rings. The first kappa shape index (κ1) is 11.5. The van der Waals surface area contributed by atoms with Crippen LogP contribution >= 0.6 is 0 Å². The number of aliphatic hydroxyl groups excluding tert-OH is 1. The summed E-state index contributed by atoms with van der Waals surface area (Å²) in [5.74, 6) is -2.99. The van der Waals surface area contributed by atoms with Crippen LogP contribution < -0.4 is 0 Å². The van der Waals surface area contributed by atoms with Crippen LogP contribution in [0.5, 0.6) is 5.75 Å². The Balaban J connectivity index is 2.52. The lowest BCUT2D eigenvalue weighted by molar-refractivity contribution is 0.282. The van der Waals surface area contributed by atoms with E-state index in [1.807, 2.05) is 0 Å². The summed E-state index contributed by atoms with van der Waals surface area (Å²) >= 11 is 0. The molecule has 0 saturated carbocycles. The maximum atomic E-state index is 13.2. The van der Waals surface area contributed by atoms with Gasteiger partial charge in [-0.15, -0.1) is 0 Å². The fourth-order valence-corrected chi connectivity index (χ4v) is 1.58. The van der Waals surface area contributed by atoms with Gasteiger partial charge in [0.2, 0.25) is 0 Å². The average molecular weight is 236 g/mol. The molecule has 0 aromatic heterocycles. The molecule has 0 atom stereocenters. The Morgan fingerprint density at radius 2 is 1.59 bits per heavy atom. The van der Waals surface area contributed by atoms with Crippen molar-refractivity contribution < 1.29 is 19.0 Å². The van der Waals surface area contributed by atoms with Gasteiger partial charge in [-0.25, -0.2) is 8.78 Å². The summed E-state index contributed by atoms with van der Waals surface area (Å²) in [6.07, 6.45) is 0. The second kappa shape index (κ2) is 4.51. The van der Waals surface area contributed by atoms with E-state index < -0.39 is 17.4 Å². The SMILES string of the molecule is OCc1cccc(-c2cc(F)c(O)c(F)c2)c1. The van der Waals surface area contributed by atoms with Gasteiger partial charge in [0.05, 0.1) is 6.61 Å². The van der Waals surface area contributed by atoms with Crippen LogP contribution in [0.1, 0.15) is 5.56 Å². The van der Waals surface area contributed by atoms with Gasteiger partial charge in [-0.3, -0.25) is 0 Å². The van der Waals surface area contributed by atoms with Crippen molar-refractivity contribution in [1.29, 1.82) is 0 Å². The highest BCUT2D eigenvalue weighted by Crippen LogP contribution is 2.28. The number of benzene rings is 2. The number of hydrogen-bond acceptors (Lipinski definition) is 2. The molecule has 2 N–H and O–H groups in total. The van der Waals surface area contributed by atoms with E-state index in [4.69, 9.17) is 10.2 Å². The Morgan fingerprint density at radius 1 is 0.941 bits per heavy atom. The Labute approximate surface area is 96.8 Å². The molecule has 0 unspecified atom stereocenters. The van der Waals surface area contributed by atoms with E-state index in [0.29, 0.717) is 16.7 Å². The highest BCUT2D eigenvalue weighted by atomic mass is 19.1. The third-order valence-corrected chi connectivity index (χ3v) is 2.46. The van der Waals surface area contributed by atoms with Gasteiger partial charge in [-0.2, -0.15) is 0 Å². The molecule has 0 amide bonds. The number of rotatable bonds is 2. The lowest BCUT2D eigenvalue weighted by atomic mass is 10.0. The normalized spacial score (nSPS) is 10.5. The fraction of sp³-hybridized carbons (Fsp3) is 0.0769. The monoisotopic (exact) mass is 236 g/mol. The average Bonchev–Trinajstić information content (AvgIpc) is 2.35. The standard InChI is InChI=1S/C13H10F2O2/c14-11-5-10(6-12(15)13(11)17)9-3-1-2-8(4-9)7-16/h1-6,16-17H,7H2. The van der Waals surface area contributed by atoms with Crippen molar-refractivity contribution in [2.45, 2.75) is 6.61 Å². The van der Waals surface area contributed by atoms with Crippen molar-refractivity contribution in [3.05, 3.63) is 53.6 Å². The molecular formula is C13H10F2O2. The molecule has 0 aliphatic carbocycles. The Kier molecular flexibility index (Phi) is 3.06. The Hall–Kier alpha value is -1.94. The lowest BCUT2D eigenvalue weighted by Crippen LogP contribution is -1.88.